The lowest BCUT2D eigenvalue weighted by molar-refractivity contribution is 0.403. The highest BCUT2D eigenvalue weighted by Crippen LogP contribution is 2.27. The second-order valence-corrected chi connectivity index (χ2v) is 6.35. The normalized spacial score (nSPS) is 11.6. The van der Waals surface area contributed by atoms with Gasteiger partial charge in [0.15, 0.2) is 16.4 Å². The van der Waals surface area contributed by atoms with Gasteiger partial charge >= 0.3 is 0 Å². The molecule has 124 valence electrons. The highest BCUT2D eigenvalue weighted by atomic mass is 32.2. The summed E-state index contributed by atoms with van der Waals surface area (Å²) in [7, 11) is -2.61. The molecule has 0 atom stereocenters. The van der Waals surface area contributed by atoms with E-state index in [2.05, 4.69) is 4.72 Å². The Labute approximate surface area is 139 Å². The van der Waals surface area contributed by atoms with E-state index in [1.54, 1.807) is 18.2 Å². The number of phenolic OH excluding ortho intramolecular Hbond substituents is 2. The number of nitrogens with one attached hydrogen (secondary N) is 1. The molecule has 0 fully saturated rings. The molecule has 8 heteroatoms. The Balaban J connectivity index is 2.31. The van der Waals surface area contributed by atoms with Crippen LogP contribution in [-0.4, -0.2) is 25.7 Å². The summed E-state index contributed by atoms with van der Waals surface area (Å²) in [6.45, 7) is 0. The third-order valence-electron chi connectivity index (χ3n) is 3.04. The summed E-state index contributed by atoms with van der Waals surface area (Å²) in [6, 6.07) is 11.5. The minimum Gasteiger partial charge on any atom is -0.504 e. The molecule has 0 amide bonds. The van der Waals surface area contributed by atoms with E-state index >= 15 is 0 Å². The van der Waals surface area contributed by atoms with Crippen molar-refractivity contribution in [2.75, 3.05) is 11.8 Å². The van der Waals surface area contributed by atoms with Gasteiger partial charge in [-0.2, -0.15) is 5.26 Å². The molecule has 0 heterocycles. The van der Waals surface area contributed by atoms with Gasteiger partial charge in [-0.3, -0.25) is 4.72 Å². The first-order valence-corrected chi connectivity index (χ1v) is 8.14. The number of sulfonamides is 1. The molecule has 0 aliphatic carbocycles. The molecule has 0 aromatic heterocycles. The number of aromatic hydroxyl groups is 2. The van der Waals surface area contributed by atoms with Crippen molar-refractivity contribution in [3.63, 3.8) is 0 Å². The summed E-state index contributed by atoms with van der Waals surface area (Å²) in [5, 5.41) is 27.8. The summed E-state index contributed by atoms with van der Waals surface area (Å²) in [6.07, 6.45) is 1.09. The highest BCUT2D eigenvalue weighted by Gasteiger charge is 2.18. The van der Waals surface area contributed by atoms with Crippen molar-refractivity contribution in [3.8, 4) is 23.3 Å². The molecule has 0 aliphatic rings. The lowest BCUT2D eigenvalue weighted by Crippen LogP contribution is -2.14. The van der Waals surface area contributed by atoms with Crippen molar-refractivity contribution >= 4 is 21.8 Å². The van der Waals surface area contributed by atoms with E-state index in [0.29, 0.717) is 5.75 Å². The zero-order valence-electron chi connectivity index (χ0n) is 12.6. The maximum absolute atomic E-state index is 12.3. The number of hydrogen-bond acceptors (Lipinski definition) is 6. The average molecular weight is 346 g/mol. The number of phenols is 2. The van der Waals surface area contributed by atoms with Gasteiger partial charge in [-0.25, -0.2) is 8.42 Å². The minimum absolute atomic E-state index is 0.252. The number of rotatable bonds is 5. The van der Waals surface area contributed by atoms with Crippen LogP contribution in [0, 0.1) is 11.3 Å². The van der Waals surface area contributed by atoms with Gasteiger partial charge in [0.2, 0.25) is 0 Å². The monoisotopic (exact) mass is 346 g/mol. The van der Waals surface area contributed by atoms with Crippen LogP contribution in [0.5, 0.6) is 17.2 Å². The molecule has 2 rings (SSSR count). The van der Waals surface area contributed by atoms with Crippen LogP contribution in [0.2, 0.25) is 0 Å². The van der Waals surface area contributed by atoms with Crippen LogP contribution in [0.3, 0.4) is 0 Å². The largest absolute Gasteiger partial charge is 0.504 e. The molecule has 3 N–H and O–H groups in total. The maximum Gasteiger partial charge on any atom is 0.272 e. The Morgan fingerprint density at radius 3 is 2.38 bits per heavy atom. The summed E-state index contributed by atoms with van der Waals surface area (Å²) >= 11 is 0. The smallest absolute Gasteiger partial charge is 0.272 e. The summed E-state index contributed by atoms with van der Waals surface area (Å²) < 4.78 is 31.9. The predicted octanol–water partition coefficient (Wildman–Crippen LogP) is 2.41. The molecule has 0 radical (unpaired) electrons. The Hall–Kier alpha value is -3.18. The lowest BCUT2D eigenvalue weighted by Gasteiger charge is -2.08. The van der Waals surface area contributed by atoms with E-state index in [4.69, 9.17) is 10.00 Å². The Morgan fingerprint density at radius 2 is 1.83 bits per heavy atom. The molecule has 0 saturated heterocycles. The lowest BCUT2D eigenvalue weighted by atomic mass is 10.2. The van der Waals surface area contributed by atoms with Gasteiger partial charge in [0.25, 0.3) is 10.0 Å². The molecule has 0 saturated carbocycles. The predicted molar refractivity (Wildman–Crippen MR) is 88.9 cm³/mol. The molecule has 2 aromatic carbocycles. The quantitative estimate of drug-likeness (QED) is 0.565. The first-order chi connectivity index (χ1) is 11.4. The van der Waals surface area contributed by atoms with Crippen LogP contribution in [0.1, 0.15) is 5.56 Å². The van der Waals surface area contributed by atoms with E-state index in [-0.39, 0.29) is 17.0 Å². The molecule has 0 aliphatic heterocycles. The first-order valence-electron chi connectivity index (χ1n) is 6.66. The summed E-state index contributed by atoms with van der Waals surface area (Å²) in [5.41, 5.74) is 0.521. The molecule has 0 spiro atoms. The third-order valence-corrected chi connectivity index (χ3v) is 4.33. The zero-order chi connectivity index (χ0) is 17.7. The second kappa shape index (κ2) is 6.93. The van der Waals surface area contributed by atoms with E-state index < -0.39 is 20.7 Å². The van der Waals surface area contributed by atoms with Crippen molar-refractivity contribution in [3.05, 3.63) is 52.9 Å². The van der Waals surface area contributed by atoms with E-state index in [0.717, 1.165) is 12.1 Å². The van der Waals surface area contributed by atoms with Crippen molar-refractivity contribution < 1.29 is 23.4 Å². The molecule has 24 heavy (non-hydrogen) atoms. The van der Waals surface area contributed by atoms with Crippen molar-refractivity contribution in [1.82, 2.24) is 0 Å². The zero-order valence-corrected chi connectivity index (χ0v) is 13.4. The fraction of sp³-hybridized carbons (Fsp3) is 0.0625. The Kier molecular flexibility index (Phi) is 4.96. The number of methoxy groups -OCH3 is 1. The van der Waals surface area contributed by atoms with Gasteiger partial charge in [0.1, 0.15) is 11.8 Å². The van der Waals surface area contributed by atoms with Crippen LogP contribution in [-0.2, 0) is 10.0 Å². The molecule has 0 bridgehead atoms. The first kappa shape index (κ1) is 17.2. The van der Waals surface area contributed by atoms with Crippen molar-refractivity contribution in [1.29, 1.82) is 5.26 Å². The van der Waals surface area contributed by atoms with Crippen molar-refractivity contribution in [2.24, 2.45) is 0 Å². The standard InChI is InChI=1S/C16H14N2O5S/c1-23-13-5-3-12(4-6-13)18-24(21,22)14(10-17)8-11-2-7-15(19)16(20)9-11/h2-9,18-20H,1H3/b14-8+. The van der Waals surface area contributed by atoms with Gasteiger partial charge in [0.05, 0.1) is 7.11 Å². The Bertz CT molecular complexity index is 912. The minimum atomic E-state index is -4.10. The fourth-order valence-corrected chi connectivity index (χ4v) is 2.79. The van der Waals surface area contributed by atoms with Crippen LogP contribution < -0.4 is 9.46 Å². The van der Waals surface area contributed by atoms with E-state index in [9.17, 15) is 18.6 Å². The number of anilines is 1. The van der Waals surface area contributed by atoms with Gasteiger partial charge in [-0.15, -0.1) is 0 Å². The molecular formula is C16H14N2O5S. The molecule has 2 aromatic rings. The fourth-order valence-electron chi connectivity index (χ4n) is 1.82. The number of nitrogens with zero attached hydrogens (tertiary/aromatic N) is 1. The highest BCUT2D eigenvalue weighted by molar-refractivity contribution is 7.96. The SMILES string of the molecule is COc1ccc(NS(=O)(=O)/C(C#N)=C/c2ccc(O)c(O)c2)cc1. The summed E-state index contributed by atoms with van der Waals surface area (Å²) in [4.78, 5) is -0.539. The molecule has 0 unspecified atom stereocenters. The van der Waals surface area contributed by atoms with Gasteiger partial charge in [-0.1, -0.05) is 6.07 Å². The topological polar surface area (TPSA) is 120 Å². The Morgan fingerprint density at radius 1 is 1.17 bits per heavy atom. The second-order valence-electron chi connectivity index (χ2n) is 4.70. The third kappa shape index (κ3) is 3.97. The number of allylic oxidation sites excluding steroid dienone is 1. The van der Waals surface area contributed by atoms with Gasteiger partial charge in [-0.05, 0) is 48.0 Å². The van der Waals surface area contributed by atoms with Crippen LogP contribution in [0.4, 0.5) is 5.69 Å². The van der Waals surface area contributed by atoms with Crippen LogP contribution in [0.15, 0.2) is 47.4 Å². The van der Waals surface area contributed by atoms with E-state index in [1.165, 1.54) is 31.4 Å². The van der Waals surface area contributed by atoms with Crippen LogP contribution in [0.25, 0.3) is 6.08 Å². The van der Waals surface area contributed by atoms with Crippen molar-refractivity contribution in [2.45, 2.75) is 0 Å². The van der Waals surface area contributed by atoms with Crippen LogP contribution >= 0.6 is 0 Å². The number of hydrogen-bond donors (Lipinski definition) is 3. The maximum atomic E-state index is 12.3. The molecular weight excluding hydrogens is 332 g/mol. The van der Waals surface area contributed by atoms with Gasteiger partial charge < -0.3 is 14.9 Å². The summed E-state index contributed by atoms with van der Waals surface area (Å²) in [5.74, 6) is -0.194. The molecule has 7 nitrogen and oxygen atoms in total. The number of ether oxygens (including phenoxy) is 1. The van der Waals surface area contributed by atoms with Gasteiger partial charge in [0, 0.05) is 5.69 Å². The average Bonchev–Trinajstić information content (AvgIpc) is 2.56. The number of nitriles is 1. The van der Waals surface area contributed by atoms with E-state index in [1.807, 2.05) is 0 Å². The number of benzene rings is 2.